The van der Waals surface area contributed by atoms with E-state index in [0.717, 1.165) is 13.1 Å². The lowest BCUT2D eigenvalue weighted by atomic mass is 9.96. The van der Waals surface area contributed by atoms with Crippen molar-refractivity contribution in [3.63, 3.8) is 0 Å². The van der Waals surface area contributed by atoms with Crippen LogP contribution in [0.3, 0.4) is 0 Å². The van der Waals surface area contributed by atoms with Gasteiger partial charge >= 0.3 is 0 Å². The minimum atomic E-state index is 0.652. The molecule has 1 unspecified atom stereocenters. The van der Waals surface area contributed by atoms with Crippen molar-refractivity contribution in [3.8, 4) is 0 Å². The van der Waals surface area contributed by atoms with Crippen molar-refractivity contribution in [2.45, 2.75) is 12.3 Å². The lowest BCUT2D eigenvalue weighted by molar-refractivity contribution is 0.767. The van der Waals surface area contributed by atoms with Crippen LogP contribution in [0.1, 0.15) is 17.9 Å². The van der Waals surface area contributed by atoms with Crippen LogP contribution >= 0.6 is 0 Å². The third-order valence-corrected chi connectivity index (χ3v) is 3.01. The molecule has 3 heteroatoms. The Kier molecular flexibility index (Phi) is 1.77. The number of nitrogens with zero attached hydrogens (tertiary/aromatic N) is 1. The molecule has 0 aliphatic carbocycles. The van der Waals surface area contributed by atoms with Crippen LogP contribution in [-0.2, 0) is 0 Å². The molecule has 2 heterocycles. The molecule has 0 amide bonds. The number of hydrogen-bond donors (Lipinski definition) is 2. The average molecular weight is 187 g/mol. The van der Waals surface area contributed by atoms with Gasteiger partial charge < -0.3 is 5.32 Å². The third kappa shape index (κ3) is 1.13. The number of H-pyrrole nitrogens is 1. The molecule has 0 radical (unpaired) electrons. The summed E-state index contributed by atoms with van der Waals surface area (Å²) in [5.41, 5.74) is 2.62. The zero-order valence-corrected chi connectivity index (χ0v) is 7.96. The first-order valence-corrected chi connectivity index (χ1v) is 5.08. The topological polar surface area (TPSA) is 40.7 Å². The number of benzene rings is 1. The number of para-hydroxylation sites is 1. The highest BCUT2D eigenvalue weighted by Gasteiger charge is 2.18. The lowest BCUT2D eigenvalue weighted by Crippen LogP contribution is -2.08. The SMILES string of the molecule is c1cc(C2CCNC2)c2[nH]ncc2c1. The maximum Gasteiger partial charge on any atom is 0.0685 e. The number of nitrogens with one attached hydrogen (secondary N) is 2. The van der Waals surface area contributed by atoms with Crippen molar-refractivity contribution < 1.29 is 0 Å². The van der Waals surface area contributed by atoms with Crippen LogP contribution in [0, 0.1) is 0 Å². The molecule has 0 bridgehead atoms. The van der Waals surface area contributed by atoms with Crippen molar-refractivity contribution in [1.29, 1.82) is 0 Å². The molecule has 14 heavy (non-hydrogen) atoms. The van der Waals surface area contributed by atoms with Crippen molar-refractivity contribution in [3.05, 3.63) is 30.0 Å². The highest BCUT2D eigenvalue weighted by molar-refractivity contribution is 5.81. The normalized spacial score (nSPS) is 21.9. The third-order valence-electron chi connectivity index (χ3n) is 3.01. The van der Waals surface area contributed by atoms with Crippen molar-refractivity contribution in [1.82, 2.24) is 15.5 Å². The molecule has 2 aromatic rings. The molecule has 72 valence electrons. The number of hydrogen-bond acceptors (Lipinski definition) is 2. The standard InChI is InChI=1S/C11H13N3/c1-2-9-7-13-14-11(9)10(3-1)8-4-5-12-6-8/h1-3,7-8,12H,4-6H2,(H,13,14). The summed E-state index contributed by atoms with van der Waals surface area (Å²) in [6.45, 7) is 2.23. The highest BCUT2D eigenvalue weighted by Crippen LogP contribution is 2.27. The van der Waals surface area contributed by atoms with E-state index in [1.807, 2.05) is 6.20 Å². The lowest BCUT2D eigenvalue weighted by Gasteiger charge is -2.09. The smallest absolute Gasteiger partial charge is 0.0685 e. The van der Waals surface area contributed by atoms with E-state index >= 15 is 0 Å². The van der Waals surface area contributed by atoms with E-state index < -0.39 is 0 Å². The Balaban J connectivity index is 2.14. The first-order valence-electron chi connectivity index (χ1n) is 5.08. The second kappa shape index (κ2) is 3.10. The number of fused-ring (bicyclic) bond motifs is 1. The van der Waals surface area contributed by atoms with Crippen molar-refractivity contribution in [2.75, 3.05) is 13.1 Å². The predicted molar refractivity (Wildman–Crippen MR) is 56.3 cm³/mol. The van der Waals surface area contributed by atoms with E-state index in [-0.39, 0.29) is 0 Å². The summed E-state index contributed by atoms with van der Waals surface area (Å²) < 4.78 is 0. The molecule has 1 aromatic carbocycles. The first-order chi connectivity index (χ1) is 6.95. The maximum atomic E-state index is 4.09. The van der Waals surface area contributed by atoms with Crippen LogP contribution in [0.15, 0.2) is 24.4 Å². The molecule has 2 N–H and O–H groups in total. The monoisotopic (exact) mass is 187 g/mol. The second-order valence-corrected chi connectivity index (χ2v) is 3.87. The minimum absolute atomic E-state index is 0.652. The fourth-order valence-electron chi connectivity index (χ4n) is 2.25. The molecule has 3 rings (SSSR count). The Labute approximate surface area is 82.5 Å². The fourth-order valence-corrected chi connectivity index (χ4v) is 2.25. The maximum absolute atomic E-state index is 4.09. The average Bonchev–Trinajstić information content (AvgIpc) is 2.88. The molecular weight excluding hydrogens is 174 g/mol. The Morgan fingerprint density at radius 1 is 1.36 bits per heavy atom. The van der Waals surface area contributed by atoms with E-state index in [9.17, 15) is 0 Å². The quantitative estimate of drug-likeness (QED) is 0.712. The van der Waals surface area contributed by atoms with E-state index in [1.165, 1.54) is 22.9 Å². The van der Waals surface area contributed by atoms with Gasteiger partial charge in [0.25, 0.3) is 0 Å². The van der Waals surface area contributed by atoms with Crippen LogP contribution in [0.25, 0.3) is 10.9 Å². The highest BCUT2D eigenvalue weighted by atomic mass is 15.1. The van der Waals surface area contributed by atoms with Crippen molar-refractivity contribution >= 4 is 10.9 Å². The summed E-state index contributed by atoms with van der Waals surface area (Å²) >= 11 is 0. The molecule has 1 saturated heterocycles. The zero-order chi connectivity index (χ0) is 9.38. The van der Waals surface area contributed by atoms with Gasteiger partial charge in [0, 0.05) is 11.9 Å². The Morgan fingerprint density at radius 3 is 3.21 bits per heavy atom. The molecule has 0 spiro atoms. The van der Waals surface area contributed by atoms with Crippen LogP contribution < -0.4 is 5.32 Å². The van der Waals surface area contributed by atoms with Gasteiger partial charge in [-0.25, -0.2) is 0 Å². The van der Waals surface area contributed by atoms with E-state index in [1.54, 1.807) is 0 Å². The summed E-state index contributed by atoms with van der Waals surface area (Å²) in [6.07, 6.45) is 3.12. The molecule has 1 fully saturated rings. The minimum Gasteiger partial charge on any atom is -0.316 e. The first kappa shape index (κ1) is 8.00. The number of rotatable bonds is 1. The predicted octanol–water partition coefficient (Wildman–Crippen LogP) is 1.64. The second-order valence-electron chi connectivity index (χ2n) is 3.87. The molecular formula is C11H13N3. The van der Waals surface area contributed by atoms with Crippen molar-refractivity contribution in [2.24, 2.45) is 0 Å². The van der Waals surface area contributed by atoms with Gasteiger partial charge in [0.05, 0.1) is 11.7 Å². The molecule has 1 atom stereocenters. The van der Waals surface area contributed by atoms with Crippen LogP contribution in [-0.4, -0.2) is 23.3 Å². The molecule has 1 aliphatic rings. The summed E-state index contributed by atoms with van der Waals surface area (Å²) in [7, 11) is 0. The van der Waals surface area contributed by atoms with Gasteiger partial charge in [-0.05, 0) is 24.4 Å². The van der Waals surface area contributed by atoms with Gasteiger partial charge in [0.2, 0.25) is 0 Å². The van der Waals surface area contributed by atoms with Gasteiger partial charge in [-0.1, -0.05) is 18.2 Å². The molecule has 1 aliphatic heterocycles. The Morgan fingerprint density at radius 2 is 2.36 bits per heavy atom. The van der Waals surface area contributed by atoms with Gasteiger partial charge in [0.15, 0.2) is 0 Å². The fraction of sp³-hybridized carbons (Fsp3) is 0.364. The van der Waals surface area contributed by atoms with E-state index in [2.05, 4.69) is 33.7 Å². The Hall–Kier alpha value is -1.35. The van der Waals surface area contributed by atoms with E-state index in [0.29, 0.717) is 5.92 Å². The molecule has 3 nitrogen and oxygen atoms in total. The Bertz CT molecular complexity index is 440. The zero-order valence-electron chi connectivity index (χ0n) is 7.96. The van der Waals surface area contributed by atoms with Gasteiger partial charge in [-0.15, -0.1) is 0 Å². The number of aromatic amines is 1. The van der Waals surface area contributed by atoms with Gasteiger partial charge in [-0.2, -0.15) is 5.10 Å². The summed E-state index contributed by atoms with van der Waals surface area (Å²) in [5, 5.41) is 11.8. The van der Waals surface area contributed by atoms with Crippen LogP contribution in [0.5, 0.6) is 0 Å². The summed E-state index contributed by atoms with van der Waals surface area (Å²) in [4.78, 5) is 0. The van der Waals surface area contributed by atoms with Crippen LogP contribution in [0.4, 0.5) is 0 Å². The van der Waals surface area contributed by atoms with Crippen LogP contribution in [0.2, 0.25) is 0 Å². The van der Waals surface area contributed by atoms with E-state index in [4.69, 9.17) is 0 Å². The van der Waals surface area contributed by atoms with Gasteiger partial charge in [-0.3, -0.25) is 5.10 Å². The van der Waals surface area contributed by atoms with Gasteiger partial charge in [0.1, 0.15) is 0 Å². The molecule has 0 saturated carbocycles. The largest absolute Gasteiger partial charge is 0.316 e. The summed E-state index contributed by atoms with van der Waals surface area (Å²) in [6, 6.07) is 6.42. The number of aromatic nitrogens is 2. The molecule has 1 aromatic heterocycles. The summed E-state index contributed by atoms with van der Waals surface area (Å²) in [5.74, 6) is 0.652.